The number of methoxy groups -OCH3 is 2. The molecule has 2 N–H and O–H groups in total. The molecule has 0 atom stereocenters. The van der Waals surface area contributed by atoms with E-state index in [1.165, 1.54) is 10.9 Å². The van der Waals surface area contributed by atoms with E-state index in [0.29, 0.717) is 17.3 Å². The number of anilines is 2. The molecule has 0 radical (unpaired) electrons. The normalized spacial score (nSPS) is 11.2. The summed E-state index contributed by atoms with van der Waals surface area (Å²) in [6, 6.07) is 17.9. The van der Waals surface area contributed by atoms with E-state index in [1.807, 2.05) is 41.0 Å². The Morgan fingerprint density at radius 2 is 1.83 bits per heavy atom. The molecule has 30 heavy (non-hydrogen) atoms. The van der Waals surface area contributed by atoms with E-state index in [1.54, 1.807) is 14.2 Å². The fraction of sp³-hybridized carbons (Fsp3) is 0.130. The second-order valence-electron chi connectivity index (χ2n) is 7.05. The first-order valence-corrected chi connectivity index (χ1v) is 9.59. The zero-order chi connectivity index (χ0) is 20.7. The summed E-state index contributed by atoms with van der Waals surface area (Å²) in [7, 11) is 3.23. The van der Waals surface area contributed by atoms with E-state index in [0.717, 1.165) is 28.2 Å². The first-order chi connectivity index (χ1) is 14.7. The number of ether oxygens (including phenoxy) is 2. The smallest absolute Gasteiger partial charge is 0.162 e. The molecule has 3 heterocycles. The molecular weight excluding hydrogens is 378 g/mol. The van der Waals surface area contributed by atoms with Gasteiger partial charge in [-0.2, -0.15) is 0 Å². The topological polar surface area (TPSA) is 76.5 Å². The predicted octanol–water partition coefficient (Wildman–Crippen LogP) is 4.95. The summed E-state index contributed by atoms with van der Waals surface area (Å²) in [5.74, 6) is 2.03. The first-order valence-electron chi connectivity index (χ1n) is 9.59. The number of hydrogen-bond donors (Lipinski definition) is 2. The van der Waals surface area contributed by atoms with Gasteiger partial charge in [0.1, 0.15) is 5.69 Å². The lowest BCUT2D eigenvalue weighted by molar-refractivity contribution is 0.355. The van der Waals surface area contributed by atoms with Crippen LogP contribution in [-0.2, 0) is 0 Å². The Bertz CT molecular complexity index is 1370. The van der Waals surface area contributed by atoms with Crippen LogP contribution < -0.4 is 14.8 Å². The lowest BCUT2D eigenvalue weighted by Crippen LogP contribution is -2.01. The van der Waals surface area contributed by atoms with Crippen molar-refractivity contribution in [2.45, 2.75) is 6.92 Å². The molecule has 0 fully saturated rings. The molecule has 0 aliphatic rings. The highest BCUT2D eigenvalue weighted by molar-refractivity contribution is 5.87. The van der Waals surface area contributed by atoms with Crippen molar-refractivity contribution in [2.24, 2.45) is 0 Å². The standard InChI is InChI=1S/C23H21N5O2/c1-14-5-4-6-15-11-17(26-23(14)15)18-13-24-22-10-9-21(27-28(18)22)25-16-7-8-19(29-2)20(12-16)30-3/h4-13,26H,1-3H3,(H,25,27). The largest absolute Gasteiger partial charge is 0.493 e. The Kier molecular flexibility index (Phi) is 4.28. The number of aryl methyl sites for hydroxylation is 1. The van der Waals surface area contributed by atoms with Crippen LogP contribution in [0.2, 0.25) is 0 Å². The minimum Gasteiger partial charge on any atom is -0.493 e. The summed E-state index contributed by atoms with van der Waals surface area (Å²) in [6.07, 6.45) is 1.84. The van der Waals surface area contributed by atoms with Crippen LogP contribution in [0.25, 0.3) is 27.9 Å². The Labute approximate surface area is 173 Å². The van der Waals surface area contributed by atoms with Crippen molar-refractivity contribution in [3.8, 4) is 22.9 Å². The van der Waals surface area contributed by atoms with Crippen LogP contribution in [0.15, 0.2) is 60.8 Å². The molecule has 0 unspecified atom stereocenters. The number of nitrogens with zero attached hydrogens (tertiary/aromatic N) is 3. The number of aromatic nitrogens is 4. The minimum atomic E-state index is 0.653. The average Bonchev–Trinajstić information content (AvgIpc) is 3.38. The van der Waals surface area contributed by atoms with Gasteiger partial charge in [0.25, 0.3) is 0 Å². The van der Waals surface area contributed by atoms with Gasteiger partial charge in [-0.05, 0) is 42.8 Å². The Morgan fingerprint density at radius 1 is 0.967 bits per heavy atom. The van der Waals surface area contributed by atoms with Crippen molar-refractivity contribution in [1.29, 1.82) is 0 Å². The summed E-state index contributed by atoms with van der Waals surface area (Å²) in [6.45, 7) is 2.10. The van der Waals surface area contributed by atoms with Crippen LogP contribution in [-0.4, -0.2) is 33.8 Å². The van der Waals surface area contributed by atoms with E-state index >= 15 is 0 Å². The molecule has 0 saturated heterocycles. The predicted molar refractivity (Wildman–Crippen MR) is 118 cm³/mol. The van der Waals surface area contributed by atoms with Crippen LogP contribution in [0.4, 0.5) is 11.5 Å². The molecule has 0 aliphatic carbocycles. The molecular formula is C23H21N5O2. The number of imidazole rings is 1. The maximum absolute atomic E-state index is 5.38. The van der Waals surface area contributed by atoms with Gasteiger partial charge in [0.05, 0.1) is 26.1 Å². The average molecular weight is 399 g/mol. The highest BCUT2D eigenvalue weighted by Crippen LogP contribution is 2.31. The number of nitrogens with one attached hydrogen (secondary N) is 2. The zero-order valence-corrected chi connectivity index (χ0v) is 16.9. The quantitative estimate of drug-likeness (QED) is 0.437. The van der Waals surface area contributed by atoms with Gasteiger partial charge in [0, 0.05) is 22.7 Å². The van der Waals surface area contributed by atoms with Crippen LogP contribution >= 0.6 is 0 Å². The van der Waals surface area contributed by atoms with Crippen LogP contribution in [0.3, 0.4) is 0 Å². The van der Waals surface area contributed by atoms with Gasteiger partial charge >= 0.3 is 0 Å². The molecule has 7 nitrogen and oxygen atoms in total. The SMILES string of the molecule is COc1ccc(Nc2ccc3ncc(-c4cc5cccc(C)c5[nH]4)n3n2)cc1OC. The summed E-state index contributed by atoms with van der Waals surface area (Å²) >= 11 is 0. The second kappa shape index (κ2) is 7.11. The number of benzene rings is 2. The Hall–Kier alpha value is -4.00. The van der Waals surface area contributed by atoms with Crippen LogP contribution in [0.5, 0.6) is 11.5 Å². The number of H-pyrrole nitrogens is 1. The van der Waals surface area contributed by atoms with Crippen LogP contribution in [0.1, 0.15) is 5.56 Å². The van der Waals surface area contributed by atoms with Crippen molar-refractivity contribution in [3.05, 3.63) is 66.4 Å². The molecule has 0 aliphatic heterocycles. The maximum Gasteiger partial charge on any atom is 0.162 e. The molecule has 0 saturated carbocycles. The van der Waals surface area contributed by atoms with Crippen LogP contribution in [0, 0.1) is 6.92 Å². The Morgan fingerprint density at radius 3 is 2.63 bits per heavy atom. The third-order valence-electron chi connectivity index (χ3n) is 5.16. The summed E-state index contributed by atoms with van der Waals surface area (Å²) < 4.78 is 12.5. The van der Waals surface area contributed by atoms with Gasteiger partial charge in [-0.1, -0.05) is 18.2 Å². The fourth-order valence-electron chi connectivity index (χ4n) is 3.63. The second-order valence-corrected chi connectivity index (χ2v) is 7.05. The summed E-state index contributed by atoms with van der Waals surface area (Å²) in [4.78, 5) is 8.01. The number of fused-ring (bicyclic) bond motifs is 2. The number of rotatable bonds is 5. The first kappa shape index (κ1) is 18.1. The molecule has 150 valence electrons. The van der Waals surface area contributed by atoms with Gasteiger partial charge < -0.3 is 19.8 Å². The highest BCUT2D eigenvalue weighted by Gasteiger charge is 2.12. The van der Waals surface area contributed by atoms with Gasteiger partial charge in [-0.3, -0.25) is 0 Å². The molecule has 5 aromatic rings. The van der Waals surface area contributed by atoms with E-state index in [-0.39, 0.29) is 0 Å². The van der Waals surface area contributed by atoms with Crippen molar-refractivity contribution >= 4 is 28.1 Å². The summed E-state index contributed by atoms with van der Waals surface area (Å²) in [5, 5.41) is 9.24. The van der Waals surface area contributed by atoms with E-state index in [4.69, 9.17) is 14.6 Å². The molecule has 0 bridgehead atoms. The molecule has 5 rings (SSSR count). The van der Waals surface area contributed by atoms with Gasteiger partial charge in [-0.15, -0.1) is 5.10 Å². The maximum atomic E-state index is 5.38. The van der Waals surface area contributed by atoms with Gasteiger partial charge in [0.2, 0.25) is 0 Å². The van der Waals surface area contributed by atoms with Crippen molar-refractivity contribution in [3.63, 3.8) is 0 Å². The van der Waals surface area contributed by atoms with E-state index < -0.39 is 0 Å². The third-order valence-corrected chi connectivity index (χ3v) is 5.16. The monoisotopic (exact) mass is 399 g/mol. The van der Waals surface area contributed by atoms with E-state index in [9.17, 15) is 0 Å². The zero-order valence-electron chi connectivity index (χ0n) is 16.9. The number of para-hydroxylation sites is 1. The van der Waals surface area contributed by atoms with Gasteiger partial charge in [0.15, 0.2) is 23.0 Å². The Balaban J connectivity index is 1.54. The molecule has 2 aromatic carbocycles. The lowest BCUT2D eigenvalue weighted by Gasteiger charge is -2.11. The van der Waals surface area contributed by atoms with E-state index in [2.05, 4.69) is 46.5 Å². The molecule has 0 spiro atoms. The third kappa shape index (κ3) is 3.00. The van der Waals surface area contributed by atoms with Crippen molar-refractivity contribution < 1.29 is 9.47 Å². The minimum absolute atomic E-state index is 0.653. The molecule has 0 amide bonds. The van der Waals surface area contributed by atoms with Gasteiger partial charge in [-0.25, -0.2) is 9.50 Å². The fourth-order valence-corrected chi connectivity index (χ4v) is 3.63. The highest BCUT2D eigenvalue weighted by atomic mass is 16.5. The summed E-state index contributed by atoms with van der Waals surface area (Å²) in [5.41, 5.74) is 5.83. The molecule has 3 aromatic heterocycles. The van der Waals surface area contributed by atoms with Crippen molar-refractivity contribution in [2.75, 3.05) is 19.5 Å². The number of aromatic amines is 1. The number of hydrogen-bond acceptors (Lipinski definition) is 5. The molecule has 7 heteroatoms. The van der Waals surface area contributed by atoms with Crippen molar-refractivity contribution in [1.82, 2.24) is 19.6 Å². The lowest BCUT2D eigenvalue weighted by atomic mass is 10.2.